The Kier molecular flexibility index (Phi) is 6.41. The Morgan fingerprint density at radius 1 is 1.04 bits per heavy atom. The molecule has 0 aliphatic rings. The van der Waals surface area contributed by atoms with Crippen LogP contribution in [0.4, 0.5) is 5.69 Å². The van der Waals surface area contributed by atoms with E-state index in [1.165, 1.54) is 26.4 Å². The van der Waals surface area contributed by atoms with Crippen molar-refractivity contribution in [2.24, 2.45) is 0 Å². The van der Waals surface area contributed by atoms with Crippen LogP contribution in [0.2, 0.25) is 0 Å². The highest BCUT2D eigenvalue weighted by molar-refractivity contribution is 9.10. The van der Waals surface area contributed by atoms with Gasteiger partial charge in [0.05, 0.1) is 25.5 Å². The van der Waals surface area contributed by atoms with Gasteiger partial charge in [0.2, 0.25) is 0 Å². The summed E-state index contributed by atoms with van der Waals surface area (Å²) >= 11 is 3.37. The number of carbonyl (C=O) groups excluding carboxylic acids is 2. The van der Waals surface area contributed by atoms with Gasteiger partial charge in [-0.3, -0.25) is 4.79 Å². The lowest BCUT2D eigenvalue weighted by molar-refractivity contribution is -0.119. The van der Waals surface area contributed by atoms with Crippen molar-refractivity contribution >= 4 is 33.5 Å². The molecule has 0 aliphatic heterocycles. The second-order valence-electron chi connectivity index (χ2n) is 5.21. The van der Waals surface area contributed by atoms with E-state index < -0.39 is 18.5 Å². The molecule has 2 rings (SSSR count). The predicted molar refractivity (Wildman–Crippen MR) is 97.3 cm³/mol. The minimum absolute atomic E-state index is 0.237. The summed E-state index contributed by atoms with van der Waals surface area (Å²) in [5, 5.41) is 2.68. The fraction of sp³-hybridized carbons (Fsp3) is 0.222. The summed E-state index contributed by atoms with van der Waals surface area (Å²) in [6, 6.07) is 10.2. The Morgan fingerprint density at radius 2 is 1.68 bits per heavy atom. The molecule has 2 aromatic rings. The van der Waals surface area contributed by atoms with E-state index in [9.17, 15) is 9.59 Å². The molecule has 0 atom stereocenters. The van der Waals surface area contributed by atoms with Crippen LogP contribution in [0.1, 0.15) is 15.9 Å². The first kappa shape index (κ1) is 18.8. The first-order chi connectivity index (χ1) is 11.9. The highest BCUT2D eigenvalue weighted by Gasteiger charge is 2.14. The third-order valence-corrected chi connectivity index (χ3v) is 3.98. The van der Waals surface area contributed by atoms with Gasteiger partial charge in [0, 0.05) is 10.5 Å². The largest absolute Gasteiger partial charge is 0.497 e. The van der Waals surface area contributed by atoms with Gasteiger partial charge in [0.15, 0.2) is 6.61 Å². The molecule has 132 valence electrons. The fourth-order valence-electron chi connectivity index (χ4n) is 2.05. The summed E-state index contributed by atoms with van der Waals surface area (Å²) in [6.07, 6.45) is 0. The molecule has 0 bridgehead atoms. The molecule has 1 N–H and O–H groups in total. The summed E-state index contributed by atoms with van der Waals surface area (Å²) in [4.78, 5) is 24.1. The summed E-state index contributed by atoms with van der Waals surface area (Å²) in [5.74, 6) is -0.165. The molecule has 1 amide bonds. The van der Waals surface area contributed by atoms with Gasteiger partial charge in [-0.2, -0.15) is 0 Å². The molecular weight excluding hydrogens is 390 g/mol. The van der Waals surface area contributed by atoms with Gasteiger partial charge in [-0.15, -0.1) is 0 Å². The molecule has 0 radical (unpaired) electrons. The van der Waals surface area contributed by atoms with Gasteiger partial charge in [-0.1, -0.05) is 6.07 Å². The Bertz CT molecular complexity index is 769. The molecule has 0 aliphatic carbocycles. The van der Waals surface area contributed by atoms with E-state index in [0.717, 1.165) is 10.0 Å². The maximum absolute atomic E-state index is 12.1. The number of anilines is 1. The molecule has 0 fully saturated rings. The van der Waals surface area contributed by atoms with Crippen LogP contribution in [0.25, 0.3) is 0 Å². The minimum Gasteiger partial charge on any atom is -0.497 e. The van der Waals surface area contributed by atoms with Crippen molar-refractivity contribution in [3.05, 3.63) is 52.0 Å². The van der Waals surface area contributed by atoms with Crippen LogP contribution in [0.5, 0.6) is 11.5 Å². The first-order valence-electron chi connectivity index (χ1n) is 7.39. The van der Waals surface area contributed by atoms with Gasteiger partial charge in [0.25, 0.3) is 5.91 Å². The smallest absolute Gasteiger partial charge is 0.338 e. The summed E-state index contributed by atoms with van der Waals surface area (Å²) in [7, 11) is 2.97. The van der Waals surface area contributed by atoms with Gasteiger partial charge in [-0.05, 0) is 52.7 Å². The van der Waals surface area contributed by atoms with Crippen LogP contribution >= 0.6 is 15.9 Å². The number of halogens is 1. The summed E-state index contributed by atoms with van der Waals surface area (Å²) in [6.45, 7) is 1.54. The van der Waals surface area contributed by atoms with Crippen molar-refractivity contribution in [3.63, 3.8) is 0 Å². The number of hydrogen-bond acceptors (Lipinski definition) is 5. The van der Waals surface area contributed by atoms with Crippen LogP contribution in [-0.2, 0) is 9.53 Å². The summed E-state index contributed by atoms with van der Waals surface area (Å²) in [5.41, 5.74) is 1.90. The quantitative estimate of drug-likeness (QED) is 0.740. The molecule has 7 heteroatoms. The molecule has 25 heavy (non-hydrogen) atoms. The molecular formula is C18H18BrNO5. The number of methoxy groups -OCH3 is 2. The normalized spacial score (nSPS) is 10.1. The monoisotopic (exact) mass is 407 g/mol. The van der Waals surface area contributed by atoms with E-state index in [0.29, 0.717) is 17.2 Å². The van der Waals surface area contributed by atoms with Crippen LogP contribution in [0.3, 0.4) is 0 Å². The number of aryl methyl sites for hydroxylation is 1. The zero-order valence-electron chi connectivity index (χ0n) is 14.1. The van der Waals surface area contributed by atoms with E-state index in [4.69, 9.17) is 14.2 Å². The molecule has 0 unspecified atom stereocenters. The average molecular weight is 408 g/mol. The van der Waals surface area contributed by atoms with Crippen molar-refractivity contribution < 1.29 is 23.8 Å². The Balaban J connectivity index is 1.98. The second kappa shape index (κ2) is 8.53. The summed E-state index contributed by atoms with van der Waals surface area (Å²) < 4.78 is 16.0. The molecule has 2 aromatic carbocycles. The topological polar surface area (TPSA) is 73.9 Å². The van der Waals surface area contributed by atoms with Crippen molar-refractivity contribution in [1.29, 1.82) is 0 Å². The average Bonchev–Trinajstić information content (AvgIpc) is 2.61. The van der Waals surface area contributed by atoms with Gasteiger partial charge in [0.1, 0.15) is 11.5 Å². The zero-order valence-corrected chi connectivity index (χ0v) is 15.7. The van der Waals surface area contributed by atoms with Crippen molar-refractivity contribution in [2.75, 3.05) is 26.1 Å². The predicted octanol–water partition coefficient (Wildman–Crippen LogP) is 3.57. The lowest BCUT2D eigenvalue weighted by Crippen LogP contribution is -2.21. The standard InChI is InChI=1S/C18H18BrNO5/c1-11-4-5-16(15(19)6-11)20-17(21)10-25-18(22)12-7-13(23-2)9-14(8-12)24-3/h4-9H,10H2,1-3H3,(H,20,21). The number of carbonyl (C=O) groups is 2. The maximum Gasteiger partial charge on any atom is 0.338 e. The molecule has 0 aromatic heterocycles. The van der Waals surface area contributed by atoms with E-state index in [2.05, 4.69) is 21.2 Å². The minimum atomic E-state index is -0.643. The molecule has 0 heterocycles. The van der Waals surface area contributed by atoms with Crippen molar-refractivity contribution in [1.82, 2.24) is 0 Å². The fourth-order valence-corrected chi connectivity index (χ4v) is 2.64. The number of ether oxygens (including phenoxy) is 3. The first-order valence-corrected chi connectivity index (χ1v) is 8.18. The van der Waals surface area contributed by atoms with Crippen LogP contribution in [-0.4, -0.2) is 32.7 Å². The molecule has 0 saturated heterocycles. The number of hydrogen-bond donors (Lipinski definition) is 1. The SMILES string of the molecule is COc1cc(OC)cc(C(=O)OCC(=O)Nc2ccc(C)cc2Br)c1. The number of benzene rings is 2. The van der Waals surface area contributed by atoms with Crippen LogP contribution < -0.4 is 14.8 Å². The van der Waals surface area contributed by atoms with Gasteiger partial charge >= 0.3 is 5.97 Å². The second-order valence-corrected chi connectivity index (χ2v) is 6.06. The number of amides is 1. The molecule has 6 nitrogen and oxygen atoms in total. The molecule has 0 saturated carbocycles. The Labute approximate surface area is 154 Å². The number of rotatable bonds is 6. The Hall–Kier alpha value is -2.54. The van der Waals surface area contributed by atoms with E-state index in [1.807, 2.05) is 19.1 Å². The zero-order chi connectivity index (χ0) is 18.4. The van der Waals surface area contributed by atoms with Crippen LogP contribution in [0.15, 0.2) is 40.9 Å². The van der Waals surface area contributed by atoms with Gasteiger partial charge < -0.3 is 19.5 Å². The third-order valence-electron chi connectivity index (χ3n) is 3.32. The highest BCUT2D eigenvalue weighted by Crippen LogP contribution is 2.24. The van der Waals surface area contributed by atoms with Crippen molar-refractivity contribution in [2.45, 2.75) is 6.92 Å². The highest BCUT2D eigenvalue weighted by atomic mass is 79.9. The number of esters is 1. The maximum atomic E-state index is 12.1. The molecule has 0 spiro atoms. The lowest BCUT2D eigenvalue weighted by Gasteiger charge is -2.10. The van der Waals surface area contributed by atoms with Gasteiger partial charge in [-0.25, -0.2) is 4.79 Å². The van der Waals surface area contributed by atoms with Crippen molar-refractivity contribution in [3.8, 4) is 11.5 Å². The van der Waals surface area contributed by atoms with E-state index in [-0.39, 0.29) is 5.56 Å². The van der Waals surface area contributed by atoms with E-state index in [1.54, 1.807) is 12.1 Å². The van der Waals surface area contributed by atoms with E-state index >= 15 is 0 Å². The number of nitrogens with one attached hydrogen (secondary N) is 1. The van der Waals surface area contributed by atoms with Crippen LogP contribution in [0, 0.1) is 6.92 Å². The lowest BCUT2D eigenvalue weighted by atomic mass is 10.2. The Morgan fingerprint density at radius 3 is 2.24 bits per heavy atom. The third kappa shape index (κ3) is 5.22.